The van der Waals surface area contributed by atoms with Crippen molar-refractivity contribution in [1.82, 2.24) is 0 Å². The van der Waals surface area contributed by atoms with Crippen molar-refractivity contribution in [3.05, 3.63) is 52.5 Å². The maximum Gasteiger partial charge on any atom is 0.124 e. The summed E-state index contributed by atoms with van der Waals surface area (Å²) < 4.78 is 0.921. The van der Waals surface area contributed by atoms with Crippen LogP contribution < -0.4 is 9.80 Å². The molecule has 1 aliphatic rings. The van der Waals surface area contributed by atoms with Gasteiger partial charge in [0.05, 0.1) is 38.9 Å². The first-order valence-corrected chi connectivity index (χ1v) is 8.60. The minimum atomic E-state index is 0.230. The molecule has 0 aliphatic carbocycles. The maximum atomic E-state index is 9.83. The topological polar surface area (TPSA) is 40.3 Å². The van der Waals surface area contributed by atoms with Crippen molar-refractivity contribution in [2.45, 2.75) is 0 Å². The normalized spacial score (nSPS) is 16.2. The van der Waals surface area contributed by atoms with E-state index >= 15 is 0 Å². The minimum Gasteiger partial charge on any atom is -0.507 e. The fourth-order valence-corrected chi connectivity index (χ4v) is 3.05. The number of quaternary nitrogens is 1. The molecule has 2 aromatic rings. The van der Waals surface area contributed by atoms with Crippen molar-refractivity contribution in [1.29, 1.82) is 0 Å². The Morgan fingerprint density at radius 1 is 1.13 bits per heavy atom. The Kier molecular flexibility index (Phi) is 4.98. The van der Waals surface area contributed by atoms with E-state index in [-0.39, 0.29) is 5.75 Å². The van der Waals surface area contributed by atoms with Crippen LogP contribution in [0.3, 0.4) is 0 Å². The fraction of sp³-hybridized carbons (Fsp3) is 0.278. The van der Waals surface area contributed by atoms with Crippen molar-refractivity contribution < 1.29 is 10.0 Å². The van der Waals surface area contributed by atoms with E-state index in [0.717, 1.165) is 23.2 Å². The largest absolute Gasteiger partial charge is 0.507 e. The molecule has 0 bridgehead atoms. The molecule has 0 amide bonds. The second kappa shape index (κ2) is 7.15. The van der Waals surface area contributed by atoms with E-state index in [2.05, 4.69) is 45.0 Å². The monoisotopic (exact) mass is 374 g/mol. The number of nitrogens with zero attached hydrogens (tertiary/aromatic N) is 2. The predicted molar refractivity (Wildman–Crippen MR) is 98.3 cm³/mol. The molecule has 3 rings (SSSR count). The molecule has 120 valence electrons. The average Bonchev–Trinajstić information content (AvgIpc) is 2.57. The third-order valence-electron chi connectivity index (χ3n) is 4.17. The molecule has 2 N–H and O–H groups in total. The zero-order valence-electron chi connectivity index (χ0n) is 13.2. The van der Waals surface area contributed by atoms with Gasteiger partial charge >= 0.3 is 0 Å². The molecule has 0 unspecified atom stereocenters. The molecule has 1 fully saturated rings. The van der Waals surface area contributed by atoms with Crippen molar-refractivity contribution in [2.75, 3.05) is 38.1 Å². The number of aliphatic imine (C=N–C) groups is 1. The van der Waals surface area contributed by atoms with Crippen LogP contribution in [0.25, 0.3) is 0 Å². The fourth-order valence-electron chi connectivity index (χ4n) is 2.67. The second-order valence-electron chi connectivity index (χ2n) is 5.92. The second-order valence-corrected chi connectivity index (χ2v) is 6.84. The summed E-state index contributed by atoms with van der Waals surface area (Å²) in [5.41, 5.74) is 2.83. The van der Waals surface area contributed by atoms with Crippen LogP contribution in [0.2, 0.25) is 0 Å². The molecular formula is C18H21BrN3O+. The smallest absolute Gasteiger partial charge is 0.124 e. The molecule has 1 heterocycles. The number of halogens is 1. The number of phenols is 1. The molecule has 0 aromatic heterocycles. The first-order chi connectivity index (χ1) is 11.1. The molecule has 2 aromatic carbocycles. The highest BCUT2D eigenvalue weighted by molar-refractivity contribution is 9.10. The summed E-state index contributed by atoms with van der Waals surface area (Å²) in [4.78, 5) is 8.46. The highest BCUT2D eigenvalue weighted by Crippen LogP contribution is 2.23. The van der Waals surface area contributed by atoms with E-state index in [9.17, 15) is 5.11 Å². The Morgan fingerprint density at radius 2 is 1.83 bits per heavy atom. The molecule has 4 nitrogen and oxygen atoms in total. The van der Waals surface area contributed by atoms with Crippen LogP contribution in [0.5, 0.6) is 5.75 Å². The number of nitrogens with one attached hydrogen (secondary N) is 1. The number of hydrogen-bond acceptors (Lipinski definition) is 3. The summed E-state index contributed by atoms with van der Waals surface area (Å²) in [6, 6.07) is 13.6. The summed E-state index contributed by atoms with van der Waals surface area (Å²) in [5.74, 6) is 0.230. The summed E-state index contributed by atoms with van der Waals surface area (Å²) in [6.07, 6.45) is 1.69. The van der Waals surface area contributed by atoms with Crippen molar-refractivity contribution in [2.24, 2.45) is 4.99 Å². The van der Waals surface area contributed by atoms with Crippen LogP contribution in [0.15, 0.2) is 51.9 Å². The molecule has 0 atom stereocenters. The van der Waals surface area contributed by atoms with Gasteiger partial charge < -0.3 is 14.9 Å². The van der Waals surface area contributed by atoms with E-state index in [1.54, 1.807) is 23.2 Å². The van der Waals surface area contributed by atoms with Crippen LogP contribution in [0.4, 0.5) is 11.4 Å². The molecule has 1 saturated heterocycles. The van der Waals surface area contributed by atoms with Crippen molar-refractivity contribution in [3.8, 4) is 5.75 Å². The van der Waals surface area contributed by atoms with Crippen LogP contribution >= 0.6 is 15.9 Å². The molecular weight excluding hydrogens is 354 g/mol. The molecule has 23 heavy (non-hydrogen) atoms. The summed E-state index contributed by atoms with van der Waals surface area (Å²) in [5, 5.41) is 9.83. The third-order valence-corrected chi connectivity index (χ3v) is 4.67. The number of benzene rings is 2. The van der Waals surface area contributed by atoms with Crippen LogP contribution in [0, 0.1) is 0 Å². The molecule has 0 radical (unpaired) electrons. The Hall–Kier alpha value is -1.85. The van der Waals surface area contributed by atoms with Gasteiger partial charge in [0.2, 0.25) is 0 Å². The quantitative estimate of drug-likeness (QED) is 0.808. The van der Waals surface area contributed by atoms with Gasteiger partial charge in [-0.2, -0.15) is 0 Å². The van der Waals surface area contributed by atoms with Crippen molar-refractivity contribution >= 4 is 33.5 Å². The van der Waals surface area contributed by atoms with E-state index in [4.69, 9.17) is 0 Å². The van der Waals surface area contributed by atoms with Gasteiger partial charge in [0.15, 0.2) is 0 Å². The lowest BCUT2D eigenvalue weighted by Gasteiger charge is -2.31. The van der Waals surface area contributed by atoms with Gasteiger partial charge in [-0.3, -0.25) is 4.99 Å². The highest BCUT2D eigenvalue weighted by atomic mass is 79.9. The highest BCUT2D eigenvalue weighted by Gasteiger charge is 2.16. The number of aromatic hydroxyl groups is 1. The maximum absolute atomic E-state index is 9.83. The lowest BCUT2D eigenvalue weighted by molar-refractivity contribution is -0.880. The van der Waals surface area contributed by atoms with Crippen LogP contribution in [-0.2, 0) is 0 Å². The molecule has 5 heteroatoms. The van der Waals surface area contributed by atoms with E-state index < -0.39 is 0 Å². The number of anilines is 1. The number of hydrogen-bond donors (Lipinski definition) is 2. The van der Waals surface area contributed by atoms with Gasteiger partial charge in [-0.15, -0.1) is 0 Å². The summed E-state index contributed by atoms with van der Waals surface area (Å²) >= 11 is 3.40. The minimum absolute atomic E-state index is 0.230. The van der Waals surface area contributed by atoms with Crippen LogP contribution in [0.1, 0.15) is 5.56 Å². The Bertz CT molecular complexity index is 692. The molecule has 0 saturated carbocycles. The number of phenolic OH excluding ortho intramolecular Hbond substituents is 1. The SMILES string of the molecule is C[NH+]1CCN(c2ccc(N=Cc3cc(Br)ccc3O)cc2)CC1. The van der Waals surface area contributed by atoms with Gasteiger partial charge in [-0.1, -0.05) is 15.9 Å². The van der Waals surface area contributed by atoms with Gasteiger partial charge in [0.1, 0.15) is 5.75 Å². The number of piperazine rings is 1. The van der Waals surface area contributed by atoms with Crippen LogP contribution in [-0.4, -0.2) is 44.5 Å². The van der Waals surface area contributed by atoms with E-state index in [1.165, 1.54) is 18.8 Å². The van der Waals surface area contributed by atoms with E-state index in [1.807, 2.05) is 18.2 Å². The van der Waals surface area contributed by atoms with Gasteiger partial charge in [0.25, 0.3) is 0 Å². The van der Waals surface area contributed by atoms with Gasteiger partial charge in [0, 0.05) is 21.9 Å². The lowest BCUT2D eigenvalue weighted by atomic mass is 10.2. The first kappa shape index (κ1) is 16.0. The zero-order chi connectivity index (χ0) is 16.2. The number of rotatable bonds is 3. The Morgan fingerprint density at radius 3 is 2.52 bits per heavy atom. The molecule has 0 spiro atoms. The average molecular weight is 375 g/mol. The summed E-state index contributed by atoms with van der Waals surface area (Å²) in [6.45, 7) is 4.56. The predicted octanol–water partition coefficient (Wildman–Crippen LogP) is 2.24. The summed E-state index contributed by atoms with van der Waals surface area (Å²) in [7, 11) is 2.24. The standard InChI is InChI=1S/C18H20BrN3O/c1-21-8-10-22(11-9-21)17-5-3-16(4-6-17)20-13-14-12-15(19)2-7-18(14)23/h2-7,12-13,23H,8-11H2,1H3/p+1. The van der Waals surface area contributed by atoms with Crippen molar-refractivity contribution in [3.63, 3.8) is 0 Å². The Labute approximate surface area is 145 Å². The first-order valence-electron chi connectivity index (χ1n) is 7.81. The van der Waals surface area contributed by atoms with E-state index in [0.29, 0.717) is 5.56 Å². The Balaban J connectivity index is 1.70. The number of likely N-dealkylation sites (N-methyl/N-ethyl adjacent to an activating group) is 1. The molecule has 1 aliphatic heterocycles. The third kappa shape index (κ3) is 4.12. The zero-order valence-corrected chi connectivity index (χ0v) is 14.8. The van der Waals surface area contributed by atoms with Gasteiger partial charge in [-0.05, 0) is 42.5 Å². The van der Waals surface area contributed by atoms with Gasteiger partial charge in [-0.25, -0.2) is 0 Å². The lowest BCUT2D eigenvalue weighted by Crippen LogP contribution is -3.12.